The van der Waals surface area contributed by atoms with E-state index in [0.717, 1.165) is 12.0 Å². The van der Waals surface area contributed by atoms with Crippen LogP contribution in [-0.2, 0) is 0 Å². The molecule has 0 aromatic rings. The highest BCUT2D eigenvalue weighted by Crippen LogP contribution is 2.27. The molecule has 0 bridgehead atoms. The van der Waals surface area contributed by atoms with Crippen molar-refractivity contribution in [3.8, 4) is 0 Å². The van der Waals surface area contributed by atoms with Gasteiger partial charge in [-0.2, -0.15) is 0 Å². The van der Waals surface area contributed by atoms with Gasteiger partial charge in [0, 0.05) is 19.1 Å². The smallest absolute Gasteiger partial charge is 0.0145 e. The molecule has 2 saturated heterocycles. The van der Waals surface area contributed by atoms with Gasteiger partial charge in [-0.25, -0.2) is 0 Å². The molecule has 2 heteroatoms. The van der Waals surface area contributed by atoms with E-state index in [2.05, 4.69) is 17.3 Å². The van der Waals surface area contributed by atoms with E-state index in [4.69, 9.17) is 0 Å². The number of hydrogen-bond donors (Lipinski definition) is 1. The van der Waals surface area contributed by atoms with E-state index in [-0.39, 0.29) is 0 Å². The van der Waals surface area contributed by atoms with Gasteiger partial charge in [0.2, 0.25) is 0 Å². The lowest BCUT2D eigenvalue weighted by Crippen LogP contribution is -2.55. The van der Waals surface area contributed by atoms with Crippen LogP contribution in [-0.4, -0.2) is 37.6 Å². The summed E-state index contributed by atoms with van der Waals surface area (Å²) in [5, 5.41) is 3.47. The predicted molar refractivity (Wildman–Crippen MR) is 42.0 cm³/mol. The molecule has 2 heterocycles. The normalized spacial score (nSPS) is 41.7. The number of rotatable bonds is 0. The van der Waals surface area contributed by atoms with Crippen molar-refractivity contribution in [2.45, 2.75) is 18.9 Å². The molecule has 2 nitrogen and oxygen atoms in total. The molecule has 2 aliphatic rings. The van der Waals surface area contributed by atoms with Gasteiger partial charge < -0.3 is 10.2 Å². The third-order valence-corrected chi connectivity index (χ3v) is 2.89. The van der Waals surface area contributed by atoms with E-state index >= 15 is 0 Å². The summed E-state index contributed by atoms with van der Waals surface area (Å²) in [4.78, 5) is 2.48. The summed E-state index contributed by atoms with van der Waals surface area (Å²) in [6.45, 7) is 3.81. The molecule has 2 aliphatic heterocycles. The quantitative estimate of drug-likeness (QED) is 0.520. The van der Waals surface area contributed by atoms with Crippen molar-refractivity contribution in [3.05, 3.63) is 0 Å². The Balaban J connectivity index is 1.93. The van der Waals surface area contributed by atoms with Gasteiger partial charge in [0.1, 0.15) is 0 Å². The average Bonchev–Trinajstić information content (AvgIpc) is 2.09. The maximum Gasteiger partial charge on any atom is 0.0145 e. The molecule has 0 saturated carbocycles. The highest BCUT2D eigenvalue weighted by molar-refractivity contribution is 4.92. The van der Waals surface area contributed by atoms with E-state index < -0.39 is 0 Å². The summed E-state index contributed by atoms with van der Waals surface area (Å²) in [5.41, 5.74) is 0. The first kappa shape index (κ1) is 6.62. The van der Waals surface area contributed by atoms with E-state index in [1.165, 1.54) is 32.5 Å². The van der Waals surface area contributed by atoms with Crippen LogP contribution in [0.4, 0.5) is 0 Å². The van der Waals surface area contributed by atoms with Crippen LogP contribution >= 0.6 is 0 Å². The molecule has 2 atom stereocenters. The van der Waals surface area contributed by atoms with Crippen molar-refractivity contribution in [1.82, 2.24) is 10.2 Å². The van der Waals surface area contributed by atoms with Gasteiger partial charge in [-0.05, 0) is 32.4 Å². The van der Waals surface area contributed by atoms with Crippen molar-refractivity contribution in [2.75, 3.05) is 26.7 Å². The Labute approximate surface area is 62.6 Å². The minimum Gasteiger partial charge on any atom is -0.316 e. The van der Waals surface area contributed by atoms with Crippen molar-refractivity contribution < 1.29 is 0 Å². The summed E-state index contributed by atoms with van der Waals surface area (Å²) < 4.78 is 0. The van der Waals surface area contributed by atoms with E-state index in [1.807, 2.05) is 0 Å². The second-order valence-corrected chi connectivity index (χ2v) is 3.61. The summed E-state index contributed by atoms with van der Waals surface area (Å²) in [5.74, 6) is 0.965. The fourth-order valence-corrected chi connectivity index (χ4v) is 2.23. The SMILES string of the molecule is CN1CC2CNCCCC21. The molecule has 0 aromatic heterocycles. The summed E-state index contributed by atoms with van der Waals surface area (Å²) in [6.07, 6.45) is 2.78. The van der Waals surface area contributed by atoms with E-state index in [1.54, 1.807) is 0 Å². The fraction of sp³-hybridized carbons (Fsp3) is 1.00. The lowest BCUT2D eigenvalue weighted by Gasteiger charge is -2.45. The molecule has 10 heavy (non-hydrogen) atoms. The van der Waals surface area contributed by atoms with Crippen molar-refractivity contribution in [1.29, 1.82) is 0 Å². The summed E-state index contributed by atoms with van der Waals surface area (Å²) in [7, 11) is 2.24. The Morgan fingerprint density at radius 1 is 1.50 bits per heavy atom. The molecule has 0 spiro atoms. The van der Waals surface area contributed by atoms with Crippen LogP contribution < -0.4 is 5.32 Å². The lowest BCUT2D eigenvalue weighted by molar-refractivity contribution is 0.0439. The van der Waals surface area contributed by atoms with Gasteiger partial charge in [-0.15, -0.1) is 0 Å². The molecule has 0 aromatic carbocycles. The van der Waals surface area contributed by atoms with Gasteiger partial charge in [0.05, 0.1) is 0 Å². The molecular formula is C8H16N2. The van der Waals surface area contributed by atoms with Crippen LogP contribution in [0.3, 0.4) is 0 Å². The highest BCUT2D eigenvalue weighted by Gasteiger charge is 2.35. The van der Waals surface area contributed by atoms with Gasteiger partial charge >= 0.3 is 0 Å². The average molecular weight is 140 g/mol. The lowest BCUT2D eigenvalue weighted by atomic mass is 9.87. The monoisotopic (exact) mass is 140 g/mol. The Morgan fingerprint density at radius 3 is 3.20 bits per heavy atom. The van der Waals surface area contributed by atoms with Gasteiger partial charge in [0.15, 0.2) is 0 Å². The maximum absolute atomic E-state index is 3.47. The number of likely N-dealkylation sites (tertiary alicyclic amines) is 1. The van der Waals surface area contributed by atoms with Crippen LogP contribution in [0.5, 0.6) is 0 Å². The number of nitrogens with one attached hydrogen (secondary N) is 1. The van der Waals surface area contributed by atoms with Crippen LogP contribution in [0.2, 0.25) is 0 Å². The first-order chi connectivity index (χ1) is 4.88. The number of nitrogens with zero attached hydrogens (tertiary/aromatic N) is 1. The first-order valence-corrected chi connectivity index (χ1v) is 4.29. The van der Waals surface area contributed by atoms with E-state index in [0.29, 0.717) is 0 Å². The standard InChI is InChI=1S/C8H16N2/c1-10-6-7-5-9-4-2-3-8(7)10/h7-9H,2-6H2,1H3. The number of hydrogen-bond acceptors (Lipinski definition) is 2. The zero-order valence-corrected chi connectivity index (χ0v) is 6.64. The predicted octanol–water partition coefficient (Wildman–Crippen LogP) is 0.300. The van der Waals surface area contributed by atoms with Crippen LogP contribution in [0.1, 0.15) is 12.8 Å². The van der Waals surface area contributed by atoms with Crippen molar-refractivity contribution in [2.24, 2.45) is 5.92 Å². The largest absolute Gasteiger partial charge is 0.316 e. The fourth-order valence-electron chi connectivity index (χ4n) is 2.23. The molecule has 0 radical (unpaired) electrons. The zero-order chi connectivity index (χ0) is 6.97. The Bertz CT molecular complexity index is 124. The second kappa shape index (κ2) is 2.51. The molecular weight excluding hydrogens is 124 g/mol. The third kappa shape index (κ3) is 0.956. The second-order valence-electron chi connectivity index (χ2n) is 3.61. The maximum atomic E-state index is 3.47. The topological polar surface area (TPSA) is 15.3 Å². The molecule has 0 aliphatic carbocycles. The van der Waals surface area contributed by atoms with Crippen LogP contribution in [0.25, 0.3) is 0 Å². The third-order valence-electron chi connectivity index (χ3n) is 2.89. The number of fused-ring (bicyclic) bond motifs is 1. The van der Waals surface area contributed by atoms with Crippen LogP contribution in [0, 0.1) is 5.92 Å². The highest BCUT2D eigenvalue weighted by atomic mass is 15.2. The molecule has 0 amide bonds. The summed E-state index contributed by atoms with van der Waals surface area (Å²) >= 11 is 0. The first-order valence-electron chi connectivity index (χ1n) is 4.29. The minimum absolute atomic E-state index is 0.912. The van der Waals surface area contributed by atoms with Crippen molar-refractivity contribution in [3.63, 3.8) is 0 Å². The Hall–Kier alpha value is -0.0800. The van der Waals surface area contributed by atoms with Gasteiger partial charge in [-0.3, -0.25) is 0 Å². The molecule has 2 rings (SSSR count). The molecule has 1 N–H and O–H groups in total. The van der Waals surface area contributed by atoms with Gasteiger partial charge in [0.25, 0.3) is 0 Å². The Kier molecular flexibility index (Phi) is 1.66. The van der Waals surface area contributed by atoms with E-state index in [9.17, 15) is 0 Å². The Morgan fingerprint density at radius 2 is 2.40 bits per heavy atom. The van der Waals surface area contributed by atoms with Gasteiger partial charge in [-0.1, -0.05) is 0 Å². The molecule has 58 valence electrons. The molecule has 2 unspecified atom stereocenters. The minimum atomic E-state index is 0.912. The van der Waals surface area contributed by atoms with Crippen molar-refractivity contribution >= 4 is 0 Å². The summed E-state index contributed by atoms with van der Waals surface area (Å²) in [6, 6.07) is 0.912. The zero-order valence-electron chi connectivity index (χ0n) is 6.64. The molecule has 2 fully saturated rings. The van der Waals surface area contributed by atoms with Crippen LogP contribution in [0.15, 0.2) is 0 Å².